The zero-order valence-electron chi connectivity index (χ0n) is 16.3. The Labute approximate surface area is 171 Å². The first-order valence-electron chi connectivity index (χ1n) is 8.91. The monoisotopic (exact) mass is 424 g/mol. The van der Waals surface area contributed by atoms with Crippen LogP contribution in [0.4, 0.5) is 5.69 Å². The highest BCUT2D eigenvalue weighted by atomic mass is 35.5. The molecule has 1 N–H and O–H groups in total. The summed E-state index contributed by atoms with van der Waals surface area (Å²) in [7, 11) is -3.67. The first-order chi connectivity index (χ1) is 13.1. The van der Waals surface area contributed by atoms with Crippen LogP contribution in [-0.2, 0) is 14.8 Å². The highest BCUT2D eigenvalue weighted by Crippen LogP contribution is 2.24. The normalized spacial score (nSPS) is 13.5. The number of carbonyl (C=O) groups excluding carboxylic acids is 1. The molecule has 2 rings (SSSR count). The summed E-state index contributed by atoms with van der Waals surface area (Å²) >= 11 is 5.88. The number of nitrogens with zero attached hydrogens (tertiary/aromatic N) is 1. The Morgan fingerprint density at radius 1 is 1.11 bits per heavy atom. The van der Waals surface area contributed by atoms with Crippen molar-refractivity contribution in [1.29, 1.82) is 0 Å². The lowest BCUT2D eigenvalue weighted by molar-refractivity contribution is -0.122. The molecular weight excluding hydrogens is 400 g/mol. The van der Waals surface area contributed by atoms with Crippen LogP contribution in [0.1, 0.15) is 32.4 Å². The molecular formula is C20H25ClN2O4S. The number of carbonyl (C=O) groups is 1. The molecule has 0 saturated heterocycles. The third-order valence-electron chi connectivity index (χ3n) is 4.22. The largest absolute Gasteiger partial charge is 0.494 e. The van der Waals surface area contributed by atoms with Gasteiger partial charge < -0.3 is 10.1 Å². The van der Waals surface area contributed by atoms with Crippen LogP contribution in [0.5, 0.6) is 5.75 Å². The van der Waals surface area contributed by atoms with Crippen molar-refractivity contribution in [2.75, 3.05) is 17.2 Å². The fourth-order valence-electron chi connectivity index (χ4n) is 2.83. The van der Waals surface area contributed by atoms with Gasteiger partial charge in [-0.15, -0.1) is 0 Å². The molecule has 8 heteroatoms. The van der Waals surface area contributed by atoms with Gasteiger partial charge in [0.2, 0.25) is 15.9 Å². The molecule has 0 aliphatic rings. The minimum Gasteiger partial charge on any atom is -0.494 e. The Kier molecular flexibility index (Phi) is 7.32. The molecule has 152 valence electrons. The lowest BCUT2D eigenvalue weighted by atomic mass is 10.1. The maximum absolute atomic E-state index is 12.8. The Bertz CT molecular complexity index is 899. The fraction of sp³-hybridized carbons (Fsp3) is 0.350. The number of ether oxygens (including phenoxy) is 1. The molecule has 2 atom stereocenters. The van der Waals surface area contributed by atoms with E-state index in [0.717, 1.165) is 21.9 Å². The van der Waals surface area contributed by atoms with Gasteiger partial charge in [-0.1, -0.05) is 23.7 Å². The minimum atomic E-state index is -3.67. The van der Waals surface area contributed by atoms with Gasteiger partial charge in [-0.05, 0) is 62.7 Å². The Hall–Kier alpha value is -2.25. The van der Waals surface area contributed by atoms with Crippen molar-refractivity contribution >= 4 is 33.2 Å². The van der Waals surface area contributed by atoms with Crippen molar-refractivity contribution in [2.45, 2.75) is 32.9 Å². The minimum absolute atomic E-state index is 0.294. The molecule has 0 spiro atoms. The Morgan fingerprint density at radius 3 is 2.18 bits per heavy atom. The summed E-state index contributed by atoms with van der Waals surface area (Å²) in [6.07, 6.45) is 1.07. The van der Waals surface area contributed by atoms with Crippen LogP contribution in [0.3, 0.4) is 0 Å². The van der Waals surface area contributed by atoms with Crippen LogP contribution in [0.15, 0.2) is 48.5 Å². The maximum atomic E-state index is 12.8. The second kappa shape index (κ2) is 9.30. The summed E-state index contributed by atoms with van der Waals surface area (Å²) < 4.78 is 31.1. The first kappa shape index (κ1) is 22.0. The lowest BCUT2D eigenvalue weighted by Crippen LogP contribution is -2.48. The number of benzene rings is 2. The van der Waals surface area contributed by atoms with Crippen molar-refractivity contribution < 1.29 is 17.9 Å². The second-order valence-corrected chi connectivity index (χ2v) is 8.74. The summed E-state index contributed by atoms with van der Waals surface area (Å²) in [6.45, 7) is 5.88. The van der Waals surface area contributed by atoms with E-state index in [0.29, 0.717) is 17.3 Å². The van der Waals surface area contributed by atoms with E-state index in [1.807, 2.05) is 38.1 Å². The zero-order chi connectivity index (χ0) is 20.9. The molecule has 28 heavy (non-hydrogen) atoms. The molecule has 0 unspecified atom stereocenters. The van der Waals surface area contributed by atoms with Gasteiger partial charge in [0, 0.05) is 5.02 Å². The third-order valence-corrected chi connectivity index (χ3v) is 5.71. The number of halogens is 1. The first-order valence-corrected chi connectivity index (χ1v) is 11.1. The molecule has 0 aliphatic carbocycles. The van der Waals surface area contributed by atoms with Crippen molar-refractivity contribution in [2.24, 2.45) is 0 Å². The van der Waals surface area contributed by atoms with Gasteiger partial charge in [0.05, 0.1) is 24.6 Å². The quantitative estimate of drug-likeness (QED) is 0.699. The van der Waals surface area contributed by atoms with E-state index in [1.165, 1.54) is 0 Å². The smallest absolute Gasteiger partial charge is 0.244 e. The molecule has 0 radical (unpaired) electrons. The van der Waals surface area contributed by atoms with Crippen LogP contribution in [0.2, 0.25) is 5.02 Å². The second-order valence-electron chi connectivity index (χ2n) is 6.44. The summed E-state index contributed by atoms with van der Waals surface area (Å²) in [6, 6.07) is 12.5. The summed E-state index contributed by atoms with van der Waals surface area (Å²) in [4.78, 5) is 12.8. The number of sulfonamides is 1. The van der Waals surface area contributed by atoms with E-state index >= 15 is 0 Å². The van der Waals surface area contributed by atoms with E-state index in [4.69, 9.17) is 16.3 Å². The van der Waals surface area contributed by atoms with Gasteiger partial charge in [0.15, 0.2) is 0 Å². The van der Waals surface area contributed by atoms with Crippen LogP contribution >= 0.6 is 11.6 Å². The van der Waals surface area contributed by atoms with Crippen LogP contribution < -0.4 is 14.4 Å². The van der Waals surface area contributed by atoms with Crippen LogP contribution in [0, 0.1) is 0 Å². The fourth-order valence-corrected chi connectivity index (χ4v) is 4.13. The Morgan fingerprint density at radius 2 is 1.68 bits per heavy atom. The molecule has 0 aromatic heterocycles. The van der Waals surface area contributed by atoms with E-state index in [9.17, 15) is 13.2 Å². The molecule has 0 saturated carbocycles. The molecule has 0 bridgehead atoms. The van der Waals surface area contributed by atoms with Gasteiger partial charge in [-0.25, -0.2) is 8.42 Å². The number of hydrogen-bond acceptors (Lipinski definition) is 4. The standard InChI is InChI=1S/C20H25ClN2O4S/c1-5-27-19-12-6-16(7-13-19)14(2)22-20(24)15(3)23(28(4,25)26)18-10-8-17(21)9-11-18/h6-15H,5H2,1-4H3,(H,22,24)/t14-,15-/m0/s1. The molecule has 0 aliphatic heterocycles. The van der Waals surface area contributed by atoms with Crippen LogP contribution in [0.25, 0.3) is 0 Å². The maximum Gasteiger partial charge on any atom is 0.244 e. The van der Waals surface area contributed by atoms with Crippen LogP contribution in [-0.4, -0.2) is 33.2 Å². The van der Waals surface area contributed by atoms with E-state index in [2.05, 4.69) is 5.32 Å². The van der Waals surface area contributed by atoms with E-state index in [1.54, 1.807) is 31.2 Å². The van der Waals surface area contributed by atoms with E-state index in [-0.39, 0.29) is 6.04 Å². The molecule has 0 heterocycles. The summed E-state index contributed by atoms with van der Waals surface area (Å²) in [5, 5.41) is 3.35. The SMILES string of the molecule is CCOc1ccc([C@H](C)NC(=O)[C@H](C)N(c2ccc(Cl)cc2)S(C)(=O)=O)cc1. The molecule has 1 amide bonds. The van der Waals surface area contributed by atoms with Gasteiger partial charge in [-0.3, -0.25) is 9.10 Å². The average molecular weight is 425 g/mol. The number of nitrogens with one attached hydrogen (secondary N) is 1. The predicted octanol–water partition coefficient (Wildman–Crippen LogP) is 3.77. The van der Waals surface area contributed by atoms with E-state index < -0.39 is 22.0 Å². The molecule has 2 aromatic rings. The van der Waals surface area contributed by atoms with Crippen molar-refractivity contribution in [1.82, 2.24) is 5.32 Å². The van der Waals surface area contributed by atoms with Gasteiger partial charge in [0.1, 0.15) is 11.8 Å². The summed E-state index contributed by atoms with van der Waals surface area (Å²) in [5.41, 5.74) is 1.27. The lowest BCUT2D eigenvalue weighted by Gasteiger charge is -2.29. The van der Waals surface area contributed by atoms with Gasteiger partial charge >= 0.3 is 0 Å². The van der Waals surface area contributed by atoms with Crippen molar-refractivity contribution in [3.63, 3.8) is 0 Å². The third kappa shape index (κ3) is 5.62. The number of amides is 1. The number of hydrogen-bond donors (Lipinski definition) is 1. The van der Waals surface area contributed by atoms with Crippen molar-refractivity contribution in [3.8, 4) is 5.75 Å². The van der Waals surface area contributed by atoms with Gasteiger partial charge in [0.25, 0.3) is 0 Å². The topological polar surface area (TPSA) is 75.7 Å². The average Bonchev–Trinajstić information content (AvgIpc) is 2.63. The molecule has 6 nitrogen and oxygen atoms in total. The number of rotatable bonds is 8. The highest BCUT2D eigenvalue weighted by Gasteiger charge is 2.29. The molecule has 0 fully saturated rings. The number of anilines is 1. The zero-order valence-corrected chi connectivity index (χ0v) is 17.9. The molecule has 2 aromatic carbocycles. The summed E-state index contributed by atoms with van der Waals surface area (Å²) in [5.74, 6) is 0.353. The highest BCUT2D eigenvalue weighted by molar-refractivity contribution is 7.92. The predicted molar refractivity (Wildman–Crippen MR) is 112 cm³/mol. The van der Waals surface area contributed by atoms with Crippen molar-refractivity contribution in [3.05, 3.63) is 59.1 Å². The Balaban J connectivity index is 2.17. The van der Waals surface area contributed by atoms with Gasteiger partial charge in [-0.2, -0.15) is 0 Å².